The van der Waals surface area contributed by atoms with Gasteiger partial charge in [0.25, 0.3) is 5.91 Å². The molecule has 2 heterocycles. The van der Waals surface area contributed by atoms with E-state index in [1.165, 1.54) is 0 Å². The van der Waals surface area contributed by atoms with Gasteiger partial charge in [0.05, 0.1) is 11.4 Å². The molecule has 0 atom stereocenters. The summed E-state index contributed by atoms with van der Waals surface area (Å²) in [4.78, 5) is 13.0. The van der Waals surface area contributed by atoms with Crippen molar-refractivity contribution in [2.75, 3.05) is 13.2 Å². The van der Waals surface area contributed by atoms with Gasteiger partial charge in [0.2, 0.25) is 5.88 Å². The number of hydrogen-bond acceptors (Lipinski definition) is 5. The zero-order valence-electron chi connectivity index (χ0n) is 13.2. The Labute approximate surface area is 144 Å². The van der Waals surface area contributed by atoms with Crippen LogP contribution in [0.5, 0.6) is 5.88 Å². The van der Waals surface area contributed by atoms with Gasteiger partial charge < -0.3 is 10.1 Å². The minimum Gasteiger partial charge on any atom is -0.475 e. The molecule has 3 rings (SSSR count). The number of ether oxygens (including phenoxy) is 1. The second-order valence-corrected chi connectivity index (χ2v) is 6.15. The van der Waals surface area contributed by atoms with Crippen molar-refractivity contribution in [2.45, 2.75) is 6.92 Å². The zero-order valence-corrected chi connectivity index (χ0v) is 14.0. The number of rotatable bonds is 6. The Bertz CT molecular complexity index is 784. The van der Waals surface area contributed by atoms with Crippen molar-refractivity contribution in [2.24, 2.45) is 0 Å². The number of nitrogens with zero attached hydrogens (tertiary/aromatic N) is 2. The predicted octanol–water partition coefficient (Wildman–Crippen LogP) is 3.32. The van der Waals surface area contributed by atoms with E-state index >= 15 is 0 Å². The van der Waals surface area contributed by atoms with Crippen molar-refractivity contribution in [1.29, 1.82) is 0 Å². The van der Waals surface area contributed by atoms with Crippen LogP contribution in [0, 0.1) is 6.92 Å². The molecule has 122 valence electrons. The van der Waals surface area contributed by atoms with Crippen LogP contribution in [0.3, 0.4) is 0 Å². The lowest BCUT2D eigenvalue weighted by atomic mass is 10.1. The Kier molecular flexibility index (Phi) is 5.18. The molecule has 0 aliphatic carbocycles. The van der Waals surface area contributed by atoms with Crippen molar-refractivity contribution in [3.05, 3.63) is 65.0 Å². The third-order valence-electron chi connectivity index (χ3n) is 3.37. The van der Waals surface area contributed by atoms with E-state index in [4.69, 9.17) is 4.74 Å². The molecule has 0 radical (unpaired) electrons. The average Bonchev–Trinajstić information content (AvgIpc) is 3.14. The van der Waals surface area contributed by atoms with Gasteiger partial charge in [-0.3, -0.25) is 4.79 Å². The van der Waals surface area contributed by atoms with Gasteiger partial charge in [0.1, 0.15) is 12.3 Å². The third kappa shape index (κ3) is 4.17. The van der Waals surface area contributed by atoms with E-state index in [1.54, 1.807) is 29.5 Å². The van der Waals surface area contributed by atoms with Crippen molar-refractivity contribution < 1.29 is 9.53 Å². The highest BCUT2D eigenvalue weighted by Gasteiger charge is 2.05. The maximum absolute atomic E-state index is 11.9. The fourth-order valence-electron chi connectivity index (χ4n) is 2.08. The monoisotopic (exact) mass is 339 g/mol. The number of benzene rings is 1. The van der Waals surface area contributed by atoms with Crippen LogP contribution < -0.4 is 10.1 Å². The third-order valence-corrected chi connectivity index (χ3v) is 4.26. The quantitative estimate of drug-likeness (QED) is 0.700. The average molecular weight is 339 g/mol. The number of nitrogens with one attached hydrogen (secondary N) is 1. The van der Waals surface area contributed by atoms with Gasteiger partial charge in [0.15, 0.2) is 0 Å². The van der Waals surface area contributed by atoms with Crippen LogP contribution >= 0.6 is 11.3 Å². The van der Waals surface area contributed by atoms with Crippen molar-refractivity contribution in [3.63, 3.8) is 0 Å². The summed E-state index contributed by atoms with van der Waals surface area (Å²) < 4.78 is 5.50. The first-order valence-electron chi connectivity index (χ1n) is 7.57. The largest absolute Gasteiger partial charge is 0.475 e. The molecule has 5 nitrogen and oxygen atoms in total. The topological polar surface area (TPSA) is 64.1 Å². The van der Waals surface area contributed by atoms with Crippen LogP contribution in [0.2, 0.25) is 0 Å². The Morgan fingerprint density at radius 3 is 2.62 bits per heavy atom. The van der Waals surface area contributed by atoms with E-state index in [0.29, 0.717) is 24.6 Å². The molecule has 3 aromatic rings. The summed E-state index contributed by atoms with van der Waals surface area (Å²) in [6, 6.07) is 15.1. The molecule has 0 aliphatic heterocycles. The first kappa shape index (κ1) is 16.1. The molecule has 0 spiro atoms. The molecule has 0 unspecified atom stereocenters. The molecular weight excluding hydrogens is 322 g/mol. The van der Waals surface area contributed by atoms with Crippen LogP contribution in [0.4, 0.5) is 0 Å². The van der Waals surface area contributed by atoms with Gasteiger partial charge in [-0.05, 0) is 36.6 Å². The van der Waals surface area contributed by atoms with Crippen LogP contribution in [-0.2, 0) is 0 Å². The summed E-state index contributed by atoms with van der Waals surface area (Å²) in [6.07, 6.45) is 0. The SMILES string of the molecule is Cc1ccc(C(=O)NCCOc2ccc(-c3cccs3)nn2)cc1. The van der Waals surface area contributed by atoms with E-state index in [-0.39, 0.29) is 5.91 Å². The molecule has 2 aromatic heterocycles. The maximum atomic E-state index is 11.9. The highest BCUT2D eigenvalue weighted by molar-refractivity contribution is 7.13. The van der Waals surface area contributed by atoms with Crippen LogP contribution in [0.15, 0.2) is 53.9 Å². The zero-order chi connectivity index (χ0) is 16.8. The molecular formula is C18H17N3O2S. The molecule has 6 heteroatoms. The molecule has 0 saturated carbocycles. The lowest BCUT2D eigenvalue weighted by Crippen LogP contribution is -2.28. The number of carbonyl (C=O) groups excluding carboxylic acids is 1. The van der Waals surface area contributed by atoms with E-state index < -0.39 is 0 Å². The highest BCUT2D eigenvalue weighted by Crippen LogP contribution is 2.22. The minimum atomic E-state index is -0.113. The summed E-state index contributed by atoms with van der Waals surface area (Å²) in [7, 11) is 0. The summed E-state index contributed by atoms with van der Waals surface area (Å²) >= 11 is 1.61. The smallest absolute Gasteiger partial charge is 0.251 e. The molecule has 24 heavy (non-hydrogen) atoms. The number of hydrogen-bond donors (Lipinski definition) is 1. The molecule has 0 bridgehead atoms. The molecule has 0 saturated heterocycles. The molecule has 1 amide bonds. The predicted molar refractivity (Wildman–Crippen MR) is 94.4 cm³/mol. The van der Waals surface area contributed by atoms with Gasteiger partial charge in [-0.2, -0.15) is 0 Å². The van der Waals surface area contributed by atoms with Crippen LogP contribution in [-0.4, -0.2) is 29.3 Å². The number of aryl methyl sites for hydroxylation is 1. The summed E-state index contributed by atoms with van der Waals surface area (Å²) in [5.74, 6) is 0.331. The Balaban J connectivity index is 1.45. The van der Waals surface area contributed by atoms with Gasteiger partial charge >= 0.3 is 0 Å². The lowest BCUT2D eigenvalue weighted by Gasteiger charge is -2.07. The standard InChI is InChI=1S/C18H17N3O2S/c1-13-4-6-14(7-5-13)18(22)19-10-11-23-17-9-8-15(20-21-17)16-3-2-12-24-16/h2-9,12H,10-11H2,1H3,(H,19,22). The molecule has 1 aromatic carbocycles. The van der Waals surface area contributed by atoms with Gasteiger partial charge in [-0.1, -0.05) is 23.8 Å². The summed E-state index contributed by atoms with van der Waals surface area (Å²) in [5, 5.41) is 13.0. The van der Waals surface area contributed by atoms with E-state index in [9.17, 15) is 4.79 Å². The maximum Gasteiger partial charge on any atom is 0.251 e. The van der Waals surface area contributed by atoms with Crippen molar-refractivity contribution in [3.8, 4) is 16.5 Å². The number of thiophene rings is 1. The second kappa shape index (κ2) is 7.70. The minimum absolute atomic E-state index is 0.113. The fourth-order valence-corrected chi connectivity index (χ4v) is 2.77. The number of carbonyl (C=O) groups is 1. The van der Waals surface area contributed by atoms with Gasteiger partial charge in [-0.25, -0.2) is 0 Å². The Morgan fingerprint density at radius 2 is 1.96 bits per heavy atom. The highest BCUT2D eigenvalue weighted by atomic mass is 32.1. The van der Waals surface area contributed by atoms with E-state index in [0.717, 1.165) is 16.1 Å². The van der Waals surface area contributed by atoms with Gasteiger partial charge in [-0.15, -0.1) is 21.5 Å². The van der Waals surface area contributed by atoms with Crippen LogP contribution in [0.1, 0.15) is 15.9 Å². The Hall–Kier alpha value is -2.73. The lowest BCUT2D eigenvalue weighted by molar-refractivity contribution is 0.0946. The number of aromatic nitrogens is 2. The molecule has 0 fully saturated rings. The number of amides is 1. The van der Waals surface area contributed by atoms with Gasteiger partial charge in [0, 0.05) is 11.6 Å². The van der Waals surface area contributed by atoms with Crippen molar-refractivity contribution in [1.82, 2.24) is 15.5 Å². The fraction of sp³-hybridized carbons (Fsp3) is 0.167. The summed E-state index contributed by atoms with van der Waals surface area (Å²) in [5.41, 5.74) is 2.59. The van der Waals surface area contributed by atoms with E-state index in [1.807, 2.05) is 42.6 Å². The first-order valence-corrected chi connectivity index (χ1v) is 8.45. The van der Waals surface area contributed by atoms with Crippen molar-refractivity contribution >= 4 is 17.2 Å². The first-order chi connectivity index (χ1) is 11.7. The normalized spacial score (nSPS) is 10.4. The van der Waals surface area contributed by atoms with Crippen LogP contribution in [0.25, 0.3) is 10.6 Å². The molecule has 1 N–H and O–H groups in total. The summed E-state index contributed by atoms with van der Waals surface area (Å²) in [6.45, 7) is 2.73. The second-order valence-electron chi connectivity index (χ2n) is 5.20. The van der Waals surface area contributed by atoms with E-state index in [2.05, 4.69) is 15.5 Å². The molecule has 0 aliphatic rings. The Morgan fingerprint density at radius 1 is 1.12 bits per heavy atom.